The first-order chi connectivity index (χ1) is 13.2. The predicted octanol–water partition coefficient (Wildman–Crippen LogP) is 5.10. The largest absolute Gasteiger partial charge is 0.371 e. The van der Waals surface area contributed by atoms with Crippen molar-refractivity contribution in [3.8, 4) is 0 Å². The zero-order chi connectivity index (χ0) is 18.6. The smallest absolute Gasteiger partial charge is 0.321 e. The Kier molecular flexibility index (Phi) is 5.90. The molecule has 0 spiro atoms. The van der Waals surface area contributed by atoms with E-state index in [0.29, 0.717) is 16.1 Å². The lowest BCUT2D eigenvalue weighted by Gasteiger charge is -2.25. The van der Waals surface area contributed by atoms with Crippen LogP contribution in [0.25, 0.3) is 0 Å². The number of benzene rings is 1. The Morgan fingerprint density at radius 2 is 2.07 bits per heavy atom. The summed E-state index contributed by atoms with van der Waals surface area (Å²) in [5.74, 6) is 0.422. The maximum absolute atomic E-state index is 12.6. The molecule has 6 nitrogen and oxygen atoms in total. The number of hydrogen-bond acceptors (Lipinski definition) is 5. The van der Waals surface area contributed by atoms with Gasteiger partial charge in [0.15, 0.2) is 0 Å². The Balaban J connectivity index is 1.43. The number of nitrogens with one attached hydrogen (secondary N) is 2. The fourth-order valence-corrected chi connectivity index (χ4v) is 4.95. The van der Waals surface area contributed by atoms with Gasteiger partial charge in [0.2, 0.25) is 5.13 Å². The van der Waals surface area contributed by atoms with Crippen LogP contribution < -0.4 is 10.6 Å². The van der Waals surface area contributed by atoms with Crippen molar-refractivity contribution in [2.24, 2.45) is 5.92 Å². The van der Waals surface area contributed by atoms with E-state index in [9.17, 15) is 4.79 Å². The fourth-order valence-electron chi connectivity index (χ4n) is 3.93. The second-order valence-corrected chi connectivity index (χ2v) is 8.57. The van der Waals surface area contributed by atoms with Gasteiger partial charge in [-0.05, 0) is 49.3 Å². The number of anilines is 1. The van der Waals surface area contributed by atoms with E-state index in [1.54, 1.807) is 0 Å². The van der Waals surface area contributed by atoms with Gasteiger partial charge in [0, 0.05) is 11.6 Å². The summed E-state index contributed by atoms with van der Waals surface area (Å²) in [4.78, 5) is 12.6. The number of carbonyl (C=O) groups is 1. The Bertz CT molecular complexity index is 788. The molecule has 2 N–H and O–H groups in total. The van der Waals surface area contributed by atoms with Gasteiger partial charge in [-0.3, -0.25) is 5.32 Å². The third-order valence-electron chi connectivity index (χ3n) is 5.23. The molecule has 2 fully saturated rings. The van der Waals surface area contributed by atoms with Crippen molar-refractivity contribution in [2.75, 3.05) is 11.9 Å². The molecule has 1 aliphatic heterocycles. The number of urea groups is 1. The number of amides is 2. The Hall–Kier alpha value is -1.70. The third-order valence-corrected chi connectivity index (χ3v) is 6.40. The number of halogens is 1. The minimum absolute atomic E-state index is 0.0128. The van der Waals surface area contributed by atoms with Crippen molar-refractivity contribution in [1.29, 1.82) is 0 Å². The number of aromatic nitrogens is 2. The maximum Gasteiger partial charge on any atom is 0.321 e. The van der Waals surface area contributed by atoms with Crippen molar-refractivity contribution in [3.05, 3.63) is 39.9 Å². The van der Waals surface area contributed by atoms with Gasteiger partial charge in [-0.2, -0.15) is 0 Å². The number of nitrogens with zero attached hydrogens (tertiary/aromatic N) is 2. The molecule has 144 valence electrons. The fraction of sp³-hybridized carbons (Fsp3) is 0.526. The van der Waals surface area contributed by atoms with Crippen LogP contribution in [0.3, 0.4) is 0 Å². The summed E-state index contributed by atoms with van der Waals surface area (Å²) >= 11 is 7.55. The summed E-state index contributed by atoms with van der Waals surface area (Å²) in [7, 11) is 0. The van der Waals surface area contributed by atoms with E-state index in [2.05, 4.69) is 20.8 Å². The molecule has 1 saturated carbocycles. The van der Waals surface area contributed by atoms with Crippen LogP contribution in [0.4, 0.5) is 9.93 Å². The zero-order valence-corrected chi connectivity index (χ0v) is 16.6. The normalized spacial score (nSPS) is 21.3. The van der Waals surface area contributed by atoms with Crippen LogP contribution in [0.1, 0.15) is 61.2 Å². The van der Waals surface area contributed by atoms with Crippen LogP contribution in [-0.4, -0.2) is 22.8 Å². The molecule has 2 heterocycles. The highest BCUT2D eigenvalue weighted by Gasteiger charge is 2.28. The van der Waals surface area contributed by atoms with E-state index >= 15 is 0 Å². The van der Waals surface area contributed by atoms with Crippen molar-refractivity contribution in [2.45, 2.75) is 50.7 Å². The van der Waals surface area contributed by atoms with Crippen LogP contribution in [0.5, 0.6) is 0 Å². The molecule has 4 rings (SSSR count). The molecule has 1 aromatic carbocycles. The van der Waals surface area contributed by atoms with Crippen LogP contribution in [0, 0.1) is 5.92 Å². The van der Waals surface area contributed by atoms with E-state index in [1.807, 2.05) is 24.3 Å². The molecule has 1 aliphatic carbocycles. The molecular weight excluding hydrogens is 384 g/mol. The Morgan fingerprint density at radius 3 is 2.81 bits per heavy atom. The van der Waals surface area contributed by atoms with Gasteiger partial charge in [-0.25, -0.2) is 4.79 Å². The minimum atomic E-state index is -0.262. The number of carbonyl (C=O) groups excluding carboxylic acids is 1. The second kappa shape index (κ2) is 8.54. The molecule has 1 saturated heterocycles. The van der Waals surface area contributed by atoms with Crippen LogP contribution in [0.2, 0.25) is 5.02 Å². The average molecular weight is 407 g/mol. The van der Waals surface area contributed by atoms with Crippen LogP contribution in [0.15, 0.2) is 24.3 Å². The summed E-state index contributed by atoms with van der Waals surface area (Å²) in [5, 5.41) is 16.2. The van der Waals surface area contributed by atoms with Gasteiger partial charge < -0.3 is 10.1 Å². The van der Waals surface area contributed by atoms with Gasteiger partial charge in [0.05, 0.1) is 6.04 Å². The first kappa shape index (κ1) is 18.7. The average Bonchev–Trinajstić information content (AvgIpc) is 3.40. The van der Waals surface area contributed by atoms with E-state index in [1.165, 1.54) is 24.2 Å². The molecule has 0 bridgehead atoms. The van der Waals surface area contributed by atoms with Crippen LogP contribution in [-0.2, 0) is 4.74 Å². The highest BCUT2D eigenvalue weighted by atomic mass is 35.5. The van der Waals surface area contributed by atoms with Gasteiger partial charge in [0.25, 0.3) is 0 Å². The lowest BCUT2D eigenvalue weighted by Crippen LogP contribution is -2.35. The van der Waals surface area contributed by atoms with Gasteiger partial charge >= 0.3 is 6.03 Å². The maximum atomic E-state index is 12.6. The molecule has 0 radical (unpaired) electrons. The highest BCUT2D eigenvalue weighted by Crippen LogP contribution is 2.36. The van der Waals surface area contributed by atoms with E-state index in [4.69, 9.17) is 16.3 Å². The molecule has 8 heteroatoms. The Morgan fingerprint density at radius 1 is 1.22 bits per heavy atom. The van der Waals surface area contributed by atoms with Crippen molar-refractivity contribution >= 4 is 34.1 Å². The summed E-state index contributed by atoms with van der Waals surface area (Å²) in [6.07, 6.45) is 6.63. The number of rotatable bonds is 5. The molecule has 2 aliphatic rings. The highest BCUT2D eigenvalue weighted by molar-refractivity contribution is 7.15. The molecular formula is C19H23ClN4O2S. The number of ether oxygens (including phenoxy) is 1. The van der Waals surface area contributed by atoms with Crippen molar-refractivity contribution < 1.29 is 9.53 Å². The first-order valence-electron chi connectivity index (χ1n) is 9.47. The molecule has 0 unspecified atom stereocenters. The zero-order valence-electron chi connectivity index (χ0n) is 15.0. The van der Waals surface area contributed by atoms with Gasteiger partial charge in [0.1, 0.15) is 11.1 Å². The lowest BCUT2D eigenvalue weighted by atomic mass is 9.92. The summed E-state index contributed by atoms with van der Waals surface area (Å²) in [6.45, 7) is 0.760. The van der Waals surface area contributed by atoms with E-state index in [-0.39, 0.29) is 18.2 Å². The minimum Gasteiger partial charge on any atom is -0.371 e. The summed E-state index contributed by atoms with van der Waals surface area (Å²) < 4.78 is 5.63. The SMILES string of the molecule is O=C(Nc1nnc([C@@H]2CCCO2)s1)N[C@@H](c1cccc(Cl)c1)C1CCCC1. The van der Waals surface area contributed by atoms with Crippen molar-refractivity contribution in [1.82, 2.24) is 15.5 Å². The van der Waals surface area contributed by atoms with Gasteiger partial charge in [-0.1, -0.05) is 47.9 Å². The lowest BCUT2D eigenvalue weighted by molar-refractivity contribution is 0.111. The molecule has 2 atom stereocenters. The van der Waals surface area contributed by atoms with Gasteiger partial charge in [-0.15, -0.1) is 10.2 Å². The van der Waals surface area contributed by atoms with Crippen LogP contribution >= 0.6 is 22.9 Å². The standard InChI is InChI=1S/C19H23ClN4O2S/c20-14-8-3-7-13(11-14)16(12-5-1-2-6-12)21-18(25)22-19-24-23-17(27-19)15-9-4-10-26-15/h3,7-8,11-12,15-16H,1-2,4-6,9-10H2,(H2,21,22,24,25)/t15-,16+/m0/s1. The number of hydrogen-bond donors (Lipinski definition) is 2. The molecule has 1 aromatic heterocycles. The van der Waals surface area contributed by atoms with E-state index < -0.39 is 0 Å². The summed E-state index contributed by atoms with van der Waals surface area (Å²) in [6, 6.07) is 7.42. The molecule has 27 heavy (non-hydrogen) atoms. The topological polar surface area (TPSA) is 76.1 Å². The monoisotopic (exact) mass is 406 g/mol. The third kappa shape index (κ3) is 4.59. The predicted molar refractivity (Wildman–Crippen MR) is 106 cm³/mol. The summed E-state index contributed by atoms with van der Waals surface area (Å²) in [5.41, 5.74) is 1.04. The van der Waals surface area contributed by atoms with E-state index in [0.717, 1.165) is 42.9 Å². The van der Waals surface area contributed by atoms with Crippen molar-refractivity contribution in [3.63, 3.8) is 0 Å². The first-order valence-corrected chi connectivity index (χ1v) is 10.7. The molecule has 2 aromatic rings. The quantitative estimate of drug-likeness (QED) is 0.724. The molecule has 2 amide bonds. The Labute approximate surface area is 167 Å². The second-order valence-electron chi connectivity index (χ2n) is 7.12.